The number of hydrogen-bond acceptors (Lipinski definition) is 3. The monoisotopic (exact) mass is 111 g/mol. The predicted octanol–water partition coefficient (Wildman–Crippen LogP) is 0.374. The molecule has 0 aliphatic carbocycles. The van der Waals surface area contributed by atoms with Gasteiger partial charge in [-0.05, 0) is 19.4 Å². The van der Waals surface area contributed by atoms with Crippen molar-refractivity contribution in [1.29, 1.82) is 0 Å². The van der Waals surface area contributed by atoms with Crippen LogP contribution in [0.1, 0.15) is 13.8 Å². The summed E-state index contributed by atoms with van der Waals surface area (Å²) in [5.41, 5.74) is 7.77. The molecule has 0 radical (unpaired) electrons. The Morgan fingerprint density at radius 3 is 2.62 bits per heavy atom. The van der Waals surface area contributed by atoms with E-state index in [0.717, 1.165) is 5.70 Å². The average Bonchev–Trinajstić information content (AvgIpc) is 2.12. The molecule has 0 amide bonds. The molecule has 0 saturated carbocycles. The summed E-state index contributed by atoms with van der Waals surface area (Å²) in [5, 5.41) is 3.74. The lowest BCUT2D eigenvalue weighted by molar-refractivity contribution is 0.685. The van der Waals surface area contributed by atoms with Crippen molar-refractivity contribution in [3.8, 4) is 0 Å². The standard InChI is InChI=1S/C5H9N3/c1-4(2)5-3-6-8-7-5/h3,7-8H,1-2H3. The number of nitrogens with zero attached hydrogens (tertiary/aromatic N) is 1. The largest absolute Gasteiger partial charge is 0.284 e. The highest BCUT2D eigenvalue weighted by molar-refractivity contribution is 5.79. The quantitative estimate of drug-likeness (QED) is 0.474. The van der Waals surface area contributed by atoms with E-state index < -0.39 is 0 Å². The van der Waals surface area contributed by atoms with Gasteiger partial charge in [-0.15, -0.1) is 0 Å². The maximum atomic E-state index is 3.74. The first kappa shape index (κ1) is 5.15. The summed E-state index contributed by atoms with van der Waals surface area (Å²) in [6, 6.07) is 0. The molecule has 8 heavy (non-hydrogen) atoms. The third-order valence-corrected chi connectivity index (χ3v) is 0.987. The van der Waals surface area contributed by atoms with Gasteiger partial charge in [0, 0.05) is 0 Å². The Labute approximate surface area is 48.4 Å². The van der Waals surface area contributed by atoms with E-state index in [1.165, 1.54) is 5.57 Å². The van der Waals surface area contributed by atoms with Crippen LogP contribution in [0.2, 0.25) is 0 Å². The van der Waals surface area contributed by atoms with Crippen molar-refractivity contribution in [3.63, 3.8) is 0 Å². The summed E-state index contributed by atoms with van der Waals surface area (Å²) in [5.74, 6) is 0. The van der Waals surface area contributed by atoms with E-state index in [1.807, 2.05) is 13.8 Å². The summed E-state index contributed by atoms with van der Waals surface area (Å²) in [6.07, 6.45) is 1.76. The number of allylic oxidation sites excluding steroid dienone is 2. The smallest absolute Gasteiger partial charge is 0.0743 e. The minimum absolute atomic E-state index is 1.06. The van der Waals surface area contributed by atoms with Gasteiger partial charge in [0.1, 0.15) is 0 Å². The van der Waals surface area contributed by atoms with Crippen molar-refractivity contribution < 1.29 is 0 Å². The first-order valence-corrected chi connectivity index (χ1v) is 2.52. The van der Waals surface area contributed by atoms with Gasteiger partial charge in [-0.2, -0.15) is 5.10 Å². The van der Waals surface area contributed by atoms with Crippen molar-refractivity contribution in [1.82, 2.24) is 11.0 Å². The Kier molecular flexibility index (Phi) is 1.20. The van der Waals surface area contributed by atoms with Gasteiger partial charge in [0.25, 0.3) is 0 Å². The lowest BCUT2D eigenvalue weighted by atomic mass is 10.3. The zero-order valence-electron chi connectivity index (χ0n) is 5.02. The van der Waals surface area contributed by atoms with Crippen molar-refractivity contribution in [2.75, 3.05) is 0 Å². The molecule has 0 spiro atoms. The van der Waals surface area contributed by atoms with Crippen LogP contribution in [-0.2, 0) is 0 Å². The highest BCUT2D eigenvalue weighted by Gasteiger charge is 1.97. The first-order valence-electron chi connectivity index (χ1n) is 2.52. The molecule has 44 valence electrons. The average molecular weight is 111 g/mol. The lowest BCUT2D eigenvalue weighted by Gasteiger charge is -1.96. The normalized spacial score (nSPS) is 15.5. The van der Waals surface area contributed by atoms with Gasteiger partial charge < -0.3 is 0 Å². The second kappa shape index (κ2) is 1.86. The Balaban J connectivity index is 2.73. The highest BCUT2D eigenvalue weighted by atomic mass is 15.6. The molecule has 0 bridgehead atoms. The molecule has 0 aromatic carbocycles. The summed E-state index contributed by atoms with van der Waals surface area (Å²) in [6.45, 7) is 4.06. The van der Waals surface area contributed by atoms with Crippen LogP contribution in [0.15, 0.2) is 16.4 Å². The molecule has 0 fully saturated rings. The van der Waals surface area contributed by atoms with Crippen molar-refractivity contribution in [3.05, 3.63) is 11.3 Å². The van der Waals surface area contributed by atoms with Crippen LogP contribution in [0.4, 0.5) is 0 Å². The van der Waals surface area contributed by atoms with E-state index in [-0.39, 0.29) is 0 Å². The molecule has 0 saturated heterocycles. The molecule has 0 aromatic heterocycles. The fourth-order valence-electron chi connectivity index (χ4n) is 0.476. The van der Waals surface area contributed by atoms with Gasteiger partial charge in [-0.1, -0.05) is 0 Å². The zero-order valence-corrected chi connectivity index (χ0v) is 5.02. The third-order valence-electron chi connectivity index (χ3n) is 0.987. The van der Waals surface area contributed by atoms with Crippen LogP contribution in [0.25, 0.3) is 0 Å². The summed E-state index contributed by atoms with van der Waals surface area (Å²) < 4.78 is 0. The minimum atomic E-state index is 1.06. The summed E-state index contributed by atoms with van der Waals surface area (Å²) >= 11 is 0. The third kappa shape index (κ3) is 0.804. The van der Waals surface area contributed by atoms with E-state index in [9.17, 15) is 0 Å². The van der Waals surface area contributed by atoms with E-state index in [0.29, 0.717) is 0 Å². The van der Waals surface area contributed by atoms with Crippen LogP contribution in [0, 0.1) is 0 Å². The minimum Gasteiger partial charge on any atom is -0.284 e. The van der Waals surface area contributed by atoms with E-state index in [4.69, 9.17) is 0 Å². The fraction of sp³-hybridized carbons (Fsp3) is 0.400. The lowest BCUT2D eigenvalue weighted by Crippen LogP contribution is -2.19. The SMILES string of the molecule is CC(C)=C1C=NNN1. The number of hydrazine groups is 1. The van der Waals surface area contributed by atoms with Gasteiger partial charge in [0.2, 0.25) is 0 Å². The van der Waals surface area contributed by atoms with E-state index in [1.54, 1.807) is 6.21 Å². The van der Waals surface area contributed by atoms with Gasteiger partial charge in [0.05, 0.1) is 11.9 Å². The molecule has 1 aliphatic rings. The zero-order chi connectivity index (χ0) is 5.98. The first-order chi connectivity index (χ1) is 3.80. The number of hydrogen-bond donors (Lipinski definition) is 2. The maximum Gasteiger partial charge on any atom is 0.0743 e. The van der Waals surface area contributed by atoms with Crippen LogP contribution in [-0.4, -0.2) is 6.21 Å². The number of rotatable bonds is 0. The molecule has 2 N–H and O–H groups in total. The molecule has 1 heterocycles. The molecule has 0 aromatic rings. The second-order valence-electron chi connectivity index (χ2n) is 1.91. The van der Waals surface area contributed by atoms with Gasteiger partial charge in [-0.3, -0.25) is 5.43 Å². The molecule has 1 rings (SSSR count). The molecule has 0 unspecified atom stereocenters. The number of nitrogens with one attached hydrogen (secondary N) is 2. The highest BCUT2D eigenvalue weighted by Crippen LogP contribution is 1.96. The fourth-order valence-corrected chi connectivity index (χ4v) is 0.476. The van der Waals surface area contributed by atoms with Crippen LogP contribution < -0.4 is 11.0 Å². The Bertz CT molecular complexity index is 142. The molecular formula is C5H9N3. The van der Waals surface area contributed by atoms with E-state index >= 15 is 0 Å². The topological polar surface area (TPSA) is 36.4 Å². The van der Waals surface area contributed by atoms with Gasteiger partial charge in [0.15, 0.2) is 0 Å². The van der Waals surface area contributed by atoms with Crippen molar-refractivity contribution in [2.24, 2.45) is 5.10 Å². The van der Waals surface area contributed by atoms with E-state index in [2.05, 4.69) is 16.1 Å². The maximum absolute atomic E-state index is 3.74. The Hall–Kier alpha value is -0.990. The predicted molar refractivity (Wildman–Crippen MR) is 33.1 cm³/mol. The Morgan fingerprint density at radius 2 is 2.38 bits per heavy atom. The van der Waals surface area contributed by atoms with Gasteiger partial charge >= 0.3 is 0 Å². The summed E-state index contributed by atoms with van der Waals surface area (Å²) in [4.78, 5) is 0. The van der Waals surface area contributed by atoms with Crippen LogP contribution in [0.5, 0.6) is 0 Å². The van der Waals surface area contributed by atoms with Crippen LogP contribution in [0.3, 0.4) is 0 Å². The van der Waals surface area contributed by atoms with Gasteiger partial charge in [-0.25, -0.2) is 5.53 Å². The molecule has 3 heteroatoms. The van der Waals surface area contributed by atoms with Crippen molar-refractivity contribution in [2.45, 2.75) is 13.8 Å². The van der Waals surface area contributed by atoms with Crippen LogP contribution >= 0.6 is 0 Å². The Morgan fingerprint density at radius 1 is 1.62 bits per heavy atom. The molecule has 0 atom stereocenters. The number of hydrazone groups is 1. The molecule has 1 aliphatic heterocycles. The molecular weight excluding hydrogens is 102 g/mol. The molecule has 3 nitrogen and oxygen atoms in total. The van der Waals surface area contributed by atoms with Crippen molar-refractivity contribution >= 4 is 6.21 Å². The summed E-state index contributed by atoms with van der Waals surface area (Å²) in [7, 11) is 0. The second-order valence-corrected chi connectivity index (χ2v) is 1.91.